The summed E-state index contributed by atoms with van der Waals surface area (Å²) < 4.78 is 9.80. The molecule has 0 aromatic carbocycles. The van der Waals surface area contributed by atoms with Gasteiger partial charge in [-0.3, -0.25) is 10.1 Å². The molecule has 0 aliphatic carbocycles. The molecule has 2 N–H and O–H groups in total. The molecule has 90 valence electrons. The van der Waals surface area contributed by atoms with Crippen LogP contribution in [0.1, 0.15) is 20.3 Å². The van der Waals surface area contributed by atoms with Crippen molar-refractivity contribution in [2.45, 2.75) is 32.4 Å². The summed E-state index contributed by atoms with van der Waals surface area (Å²) in [5.74, 6) is -0.283. The first-order valence-corrected chi connectivity index (χ1v) is 5.22. The Hall–Kier alpha value is -0.650. The van der Waals surface area contributed by atoms with Crippen LogP contribution in [0.2, 0.25) is 0 Å². The summed E-state index contributed by atoms with van der Waals surface area (Å²) in [5.41, 5.74) is 0. The zero-order chi connectivity index (χ0) is 11.7. The highest BCUT2D eigenvalue weighted by atomic mass is 16.5. The molecular weight excluding hydrogens is 198 g/mol. The van der Waals surface area contributed by atoms with Gasteiger partial charge in [-0.25, -0.2) is 0 Å². The summed E-state index contributed by atoms with van der Waals surface area (Å²) in [6.45, 7) is 4.32. The first-order chi connectivity index (χ1) is 7.19. The fraction of sp³-hybridized carbons (Fsp3) is 0.900. The maximum atomic E-state index is 11.4. The van der Waals surface area contributed by atoms with Crippen molar-refractivity contribution in [1.29, 1.82) is 0 Å². The lowest BCUT2D eigenvalue weighted by Gasteiger charge is -2.21. The Kier molecular flexibility index (Phi) is 8.27. The van der Waals surface area contributed by atoms with Crippen LogP contribution in [-0.4, -0.2) is 50.1 Å². The Labute approximate surface area is 90.8 Å². The fourth-order valence-electron chi connectivity index (χ4n) is 1.23. The number of carbonyl (C=O) groups is 1. The van der Waals surface area contributed by atoms with Crippen molar-refractivity contribution in [3.05, 3.63) is 0 Å². The molecule has 0 saturated carbocycles. The van der Waals surface area contributed by atoms with Crippen LogP contribution in [0.5, 0.6) is 0 Å². The zero-order valence-electron chi connectivity index (χ0n) is 9.66. The molecule has 0 aliphatic rings. The standard InChI is InChI=1S/C10H21NO4/c1-4-9(10(13)15-5-2)11-8(6-12)7-14-3/h8-9,11-12H,4-7H2,1-3H3. The molecule has 0 radical (unpaired) electrons. The highest BCUT2D eigenvalue weighted by molar-refractivity contribution is 5.75. The van der Waals surface area contributed by atoms with Crippen LogP contribution in [0.4, 0.5) is 0 Å². The van der Waals surface area contributed by atoms with Gasteiger partial charge in [-0.1, -0.05) is 6.92 Å². The molecule has 5 heteroatoms. The Morgan fingerprint density at radius 1 is 1.47 bits per heavy atom. The van der Waals surface area contributed by atoms with Crippen molar-refractivity contribution < 1.29 is 19.4 Å². The molecule has 0 bridgehead atoms. The number of ether oxygens (including phenoxy) is 2. The molecular formula is C10H21NO4. The summed E-state index contributed by atoms with van der Waals surface area (Å²) in [6.07, 6.45) is 0.624. The first-order valence-electron chi connectivity index (χ1n) is 5.22. The summed E-state index contributed by atoms with van der Waals surface area (Å²) in [6, 6.07) is -0.610. The molecule has 0 amide bonds. The summed E-state index contributed by atoms with van der Waals surface area (Å²) in [4.78, 5) is 11.4. The number of methoxy groups -OCH3 is 1. The van der Waals surface area contributed by atoms with E-state index >= 15 is 0 Å². The summed E-state index contributed by atoms with van der Waals surface area (Å²) in [5, 5.41) is 12.0. The minimum absolute atomic E-state index is 0.0657. The second kappa shape index (κ2) is 8.64. The molecule has 0 aliphatic heterocycles. The van der Waals surface area contributed by atoms with Crippen molar-refractivity contribution in [3.63, 3.8) is 0 Å². The Morgan fingerprint density at radius 3 is 2.53 bits per heavy atom. The number of aliphatic hydroxyl groups excluding tert-OH is 1. The van der Waals surface area contributed by atoms with Gasteiger partial charge < -0.3 is 14.6 Å². The quantitative estimate of drug-likeness (QED) is 0.559. The van der Waals surface area contributed by atoms with Gasteiger partial charge in [0.05, 0.1) is 25.9 Å². The molecule has 2 atom stereocenters. The van der Waals surface area contributed by atoms with Crippen molar-refractivity contribution in [3.8, 4) is 0 Å². The van der Waals surface area contributed by atoms with Crippen molar-refractivity contribution in [2.75, 3.05) is 26.9 Å². The molecule has 2 unspecified atom stereocenters. The topological polar surface area (TPSA) is 67.8 Å². The monoisotopic (exact) mass is 219 g/mol. The number of rotatable bonds is 8. The number of carbonyl (C=O) groups excluding carboxylic acids is 1. The Bertz CT molecular complexity index is 175. The first kappa shape index (κ1) is 14.3. The Morgan fingerprint density at radius 2 is 2.13 bits per heavy atom. The van der Waals surface area contributed by atoms with Gasteiger partial charge in [0.2, 0.25) is 0 Å². The van der Waals surface area contributed by atoms with Crippen LogP contribution in [-0.2, 0) is 14.3 Å². The maximum absolute atomic E-state index is 11.4. The number of hydrogen-bond donors (Lipinski definition) is 2. The van der Waals surface area contributed by atoms with E-state index in [1.165, 1.54) is 0 Å². The van der Waals surface area contributed by atoms with E-state index in [1.54, 1.807) is 14.0 Å². The average molecular weight is 219 g/mol. The van der Waals surface area contributed by atoms with E-state index in [-0.39, 0.29) is 24.7 Å². The third-order valence-corrected chi connectivity index (χ3v) is 2.00. The maximum Gasteiger partial charge on any atom is 0.323 e. The number of nitrogens with one attached hydrogen (secondary N) is 1. The average Bonchev–Trinajstić information content (AvgIpc) is 2.24. The van der Waals surface area contributed by atoms with E-state index in [4.69, 9.17) is 14.6 Å². The van der Waals surface area contributed by atoms with Crippen LogP contribution in [0.25, 0.3) is 0 Å². The van der Waals surface area contributed by atoms with Gasteiger partial charge in [-0.05, 0) is 13.3 Å². The van der Waals surface area contributed by atoms with E-state index in [2.05, 4.69) is 5.32 Å². The van der Waals surface area contributed by atoms with Gasteiger partial charge in [0.25, 0.3) is 0 Å². The fourth-order valence-corrected chi connectivity index (χ4v) is 1.23. The van der Waals surface area contributed by atoms with Crippen molar-refractivity contribution >= 4 is 5.97 Å². The summed E-state index contributed by atoms with van der Waals surface area (Å²) >= 11 is 0. The molecule has 0 rings (SSSR count). The van der Waals surface area contributed by atoms with Crippen LogP contribution >= 0.6 is 0 Å². The van der Waals surface area contributed by atoms with Crippen molar-refractivity contribution in [1.82, 2.24) is 5.32 Å². The van der Waals surface area contributed by atoms with Crippen LogP contribution in [0.15, 0.2) is 0 Å². The van der Waals surface area contributed by atoms with Crippen molar-refractivity contribution in [2.24, 2.45) is 0 Å². The molecule has 0 aromatic rings. The smallest absolute Gasteiger partial charge is 0.323 e. The lowest BCUT2D eigenvalue weighted by atomic mass is 10.2. The number of esters is 1. The molecule has 15 heavy (non-hydrogen) atoms. The van der Waals surface area contributed by atoms with Gasteiger partial charge in [-0.15, -0.1) is 0 Å². The van der Waals surface area contributed by atoms with E-state index in [1.807, 2.05) is 6.92 Å². The second-order valence-corrected chi connectivity index (χ2v) is 3.21. The second-order valence-electron chi connectivity index (χ2n) is 3.21. The van der Waals surface area contributed by atoms with Gasteiger partial charge in [0.1, 0.15) is 6.04 Å². The van der Waals surface area contributed by atoms with E-state index in [0.29, 0.717) is 19.6 Å². The van der Waals surface area contributed by atoms with E-state index < -0.39 is 0 Å². The SMILES string of the molecule is CCOC(=O)C(CC)NC(CO)COC. The molecule has 0 heterocycles. The number of hydrogen-bond acceptors (Lipinski definition) is 5. The molecule has 0 aromatic heterocycles. The van der Waals surface area contributed by atoms with E-state index in [0.717, 1.165) is 0 Å². The molecule has 5 nitrogen and oxygen atoms in total. The largest absolute Gasteiger partial charge is 0.465 e. The highest BCUT2D eigenvalue weighted by Crippen LogP contribution is 1.98. The third kappa shape index (κ3) is 5.71. The normalized spacial score (nSPS) is 14.7. The zero-order valence-corrected chi connectivity index (χ0v) is 9.66. The predicted octanol–water partition coefficient (Wildman–Crippen LogP) is -0.0750. The van der Waals surface area contributed by atoms with Crippen LogP contribution in [0, 0.1) is 0 Å². The minimum atomic E-state index is -0.378. The van der Waals surface area contributed by atoms with Gasteiger partial charge >= 0.3 is 5.97 Å². The third-order valence-electron chi connectivity index (χ3n) is 2.00. The number of aliphatic hydroxyl groups is 1. The Balaban J connectivity index is 4.10. The molecule has 0 fully saturated rings. The summed E-state index contributed by atoms with van der Waals surface area (Å²) in [7, 11) is 1.55. The van der Waals surface area contributed by atoms with Gasteiger partial charge in [0.15, 0.2) is 0 Å². The molecule has 0 saturated heterocycles. The van der Waals surface area contributed by atoms with Crippen LogP contribution < -0.4 is 5.32 Å². The lowest BCUT2D eigenvalue weighted by molar-refractivity contribution is -0.146. The van der Waals surface area contributed by atoms with E-state index in [9.17, 15) is 4.79 Å². The van der Waals surface area contributed by atoms with Gasteiger partial charge in [0, 0.05) is 7.11 Å². The van der Waals surface area contributed by atoms with Crippen LogP contribution in [0.3, 0.4) is 0 Å². The minimum Gasteiger partial charge on any atom is -0.465 e. The van der Waals surface area contributed by atoms with Gasteiger partial charge in [-0.2, -0.15) is 0 Å². The highest BCUT2D eigenvalue weighted by Gasteiger charge is 2.20. The molecule has 0 spiro atoms. The lowest BCUT2D eigenvalue weighted by Crippen LogP contribution is -2.47. The predicted molar refractivity (Wildman–Crippen MR) is 56.6 cm³/mol.